The summed E-state index contributed by atoms with van der Waals surface area (Å²) < 4.78 is 1.11. The van der Waals surface area contributed by atoms with E-state index in [1.807, 2.05) is 42.6 Å². The fraction of sp³-hybridized carbons (Fsp3) is 0. The molecule has 3 nitrogen and oxygen atoms in total. The average molecular weight is 277 g/mol. The zero-order chi connectivity index (χ0) is 13.5. The smallest absolute Gasteiger partial charge is 0.125 e. The monoisotopic (exact) mass is 277 g/mol. The van der Waals surface area contributed by atoms with Gasteiger partial charge < -0.3 is 5.73 Å². The van der Waals surface area contributed by atoms with Crippen LogP contribution in [0.4, 0.5) is 5.69 Å². The van der Waals surface area contributed by atoms with E-state index in [4.69, 9.17) is 10.7 Å². The second-order valence-electron chi connectivity index (χ2n) is 4.62. The molecule has 0 saturated heterocycles. The van der Waals surface area contributed by atoms with Gasteiger partial charge in [0.05, 0.1) is 15.7 Å². The van der Waals surface area contributed by atoms with E-state index in [-0.39, 0.29) is 0 Å². The highest BCUT2D eigenvalue weighted by atomic mass is 32.1. The lowest BCUT2D eigenvalue weighted by molar-refractivity contribution is 1.41. The first kappa shape index (κ1) is 11.4. The maximum atomic E-state index is 5.83. The summed E-state index contributed by atoms with van der Waals surface area (Å²) in [6.45, 7) is 0. The lowest BCUT2D eigenvalue weighted by atomic mass is 10.1. The summed E-state index contributed by atoms with van der Waals surface area (Å²) in [4.78, 5) is 9.10. The van der Waals surface area contributed by atoms with Crippen LogP contribution < -0.4 is 5.73 Å². The van der Waals surface area contributed by atoms with Gasteiger partial charge in [0.2, 0.25) is 0 Å². The third-order valence-corrected chi connectivity index (χ3v) is 4.34. The van der Waals surface area contributed by atoms with Gasteiger partial charge in [0.25, 0.3) is 0 Å². The van der Waals surface area contributed by atoms with E-state index in [1.54, 1.807) is 11.3 Å². The van der Waals surface area contributed by atoms with Crippen LogP contribution in [0.25, 0.3) is 31.7 Å². The van der Waals surface area contributed by atoms with Crippen LogP contribution in [0.1, 0.15) is 0 Å². The van der Waals surface area contributed by atoms with Crippen molar-refractivity contribution in [2.45, 2.75) is 0 Å². The molecule has 2 N–H and O–H groups in total. The largest absolute Gasteiger partial charge is 0.399 e. The molecule has 0 aliphatic carbocycles. The molecule has 0 saturated carbocycles. The molecule has 0 amide bonds. The van der Waals surface area contributed by atoms with Gasteiger partial charge in [-0.1, -0.05) is 18.2 Å². The molecule has 0 atom stereocenters. The number of hydrogen-bond donors (Lipinski definition) is 1. The zero-order valence-corrected chi connectivity index (χ0v) is 11.4. The lowest BCUT2D eigenvalue weighted by Crippen LogP contribution is -1.82. The Bertz CT molecular complexity index is 922. The highest BCUT2D eigenvalue weighted by Crippen LogP contribution is 2.34. The zero-order valence-electron chi connectivity index (χ0n) is 10.6. The molecule has 96 valence electrons. The topological polar surface area (TPSA) is 51.8 Å². The molecule has 0 fully saturated rings. The first-order valence-corrected chi connectivity index (χ1v) is 7.13. The van der Waals surface area contributed by atoms with Gasteiger partial charge >= 0.3 is 0 Å². The van der Waals surface area contributed by atoms with Crippen molar-refractivity contribution in [3.05, 3.63) is 54.7 Å². The second-order valence-corrected chi connectivity index (χ2v) is 5.65. The van der Waals surface area contributed by atoms with Crippen LogP contribution in [0.3, 0.4) is 0 Å². The Hall–Kier alpha value is -2.46. The third kappa shape index (κ3) is 1.73. The highest BCUT2D eigenvalue weighted by Gasteiger charge is 2.09. The van der Waals surface area contributed by atoms with Gasteiger partial charge in [0, 0.05) is 22.8 Å². The van der Waals surface area contributed by atoms with Crippen molar-refractivity contribution in [3.63, 3.8) is 0 Å². The fourth-order valence-electron chi connectivity index (χ4n) is 2.35. The van der Waals surface area contributed by atoms with Crippen molar-refractivity contribution in [1.29, 1.82) is 0 Å². The highest BCUT2D eigenvalue weighted by molar-refractivity contribution is 7.21. The van der Waals surface area contributed by atoms with Crippen molar-refractivity contribution in [2.75, 3.05) is 5.73 Å². The maximum absolute atomic E-state index is 5.83. The maximum Gasteiger partial charge on any atom is 0.125 e. The van der Waals surface area contributed by atoms with E-state index in [1.165, 1.54) is 0 Å². The minimum absolute atomic E-state index is 0.771. The second kappa shape index (κ2) is 4.28. The van der Waals surface area contributed by atoms with Crippen molar-refractivity contribution < 1.29 is 0 Å². The first-order valence-electron chi connectivity index (χ1n) is 6.31. The Morgan fingerprint density at radius 1 is 0.950 bits per heavy atom. The molecule has 0 aliphatic heterocycles. The predicted octanol–water partition coefficient (Wildman–Crippen LogP) is 4.09. The minimum Gasteiger partial charge on any atom is -0.399 e. The van der Waals surface area contributed by atoms with E-state index in [0.717, 1.165) is 37.4 Å². The van der Waals surface area contributed by atoms with Crippen molar-refractivity contribution in [2.24, 2.45) is 0 Å². The number of aromatic nitrogens is 2. The summed E-state index contributed by atoms with van der Waals surface area (Å²) in [6, 6.07) is 16.0. The van der Waals surface area contributed by atoms with E-state index in [9.17, 15) is 0 Å². The number of fused-ring (bicyclic) bond motifs is 2. The molecule has 2 heterocycles. The van der Waals surface area contributed by atoms with E-state index >= 15 is 0 Å². The lowest BCUT2D eigenvalue weighted by Gasteiger charge is -2.01. The molecule has 0 unspecified atom stereocenters. The van der Waals surface area contributed by atoms with E-state index < -0.39 is 0 Å². The molecular weight excluding hydrogens is 266 g/mol. The summed E-state index contributed by atoms with van der Waals surface area (Å²) in [5.74, 6) is 0. The van der Waals surface area contributed by atoms with E-state index in [0.29, 0.717) is 0 Å². The predicted molar refractivity (Wildman–Crippen MR) is 84.8 cm³/mol. The Morgan fingerprint density at radius 3 is 2.85 bits per heavy atom. The van der Waals surface area contributed by atoms with Gasteiger partial charge in [-0.3, -0.25) is 4.98 Å². The molecule has 2 aromatic heterocycles. The summed E-state index contributed by atoms with van der Waals surface area (Å²) in [6.07, 6.45) is 1.81. The van der Waals surface area contributed by atoms with Crippen LogP contribution in [-0.4, -0.2) is 9.97 Å². The Labute approximate surface area is 119 Å². The molecule has 0 spiro atoms. The van der Waals surface area contributed by atoms with Gasteiger partial charge in [-0.15, -0.1) is 11.3 Å². The number of thiazole rings is 1. The van der Waals surface area contributed by atoms with Gasteiger partial charge in [0.15, 0.2) is 0 Å². The summed E-state index contributed by atoms with van der Waals surface area (Å²) in [5.41, 5.74) is 9.70. The first-order chi connectivity index (χ1) is 9.81. The van der Waals surface area contributed by atoms with Crippen LogP contribution in [0.5, 0.6) is 0 Å². The normalized spacial score (nSPS) is 11.2. The minimum atomic E-state index is 0.771. The van der Waals surface area contributed by atoms with Crippen LogP contribution >= 0.6 is 11.3 Å². The summed E-state index contributed by atoms with van der Waals surface area (Å²) in [5, 5.41) is 2.13. The van der Waals surface area contributed by atoms with Gasteiger partial charge in [-0.2, -0.15) is 0 Å². The molecular formula is C16H11N3S. The van der Waals surface area contributed by atoms with Gasteiger partial charge in [0.1, 0.15) is 5.01 Å². The summed E-state index contributed by atoms with van der Waals surface area (Å²) >= 11 is 1.66. The SMILES string of the molecule is Nc1ccc2nc(-c3cccc4ncccc34)sc2c1. The number of nitrogens with two attached hydrogens (primary N) is 1. The molecule has 4 aromatic rings. The van der Waals surface area contributed by atoms with Crippen LogP contribution in [0, 0.1) is 0 Å². The van der Waals surface area contributed by atoms with E-state index in [2.05, 4.69) is 17.1 Å². The van der Waals surface area contributed by atoms with Crippen molar-refractivity contribution in [1.82, 2.24) is 9.97 Å². The molecule has 0 bridgehead atoms. The van der Waals surface area contributed by atoms with Gasteiger partial charge in [-0.25, -0.2) is 4.98 Å². The van der Waals surface area contributed by atoms with Crippen LogP contribution in [0.15, 0.2) is 54.7 Å². The molecule has 4 rings (SSSR count). The third-order valence-electron chi connectivity index (χ3n) is 3.29. The molecule has 20 heavy (non-hydrogen) atoms. The fourth-order valence-corrected chi connectivity index (χ4v) is 3.40. The number of benzene rings is 2. The number of anilines is 1. The number of rotatable bonds is 1. The number of hydrogen-bond acceptors (Lipinski definition) is 4. The Morgan fingerprint density at radius 2 is 1.90 bits per heavy atom. The molecule has 0 aliphatic rings. The van der Waals surface area contributed by atoms with Crippen molar-refractivity contribution >= 4 is 38.1 Å². The Kier molecular flexibility index (Phi) is 2.44. The average Bonchev–Trinajstić information content (AvgIpc) is 2.89. The van der Waals surface area contributed by atoms with Crippen LogP contribution in [0.2, 0.25) is 0 Å². The molecule has 2 aromatic carbocycles. The summed E-state index contributed by atoms with van der Waals surface area (Å²) in [7, 11) is 0. The number of nitrogens with zero attached hydrogens (tertiary/aromatic N) is 2. The standard InChI is InChI=1S/C16H11N3S/c17-10-6-7-14-15(9-10)20-16(19-14)12-3-1-5-13-11(12)4-2-8-18-13/h1-9H,17H2. The Balaban J connectivity index is 2.01. The number of nitrogen functional groups attached to an aromatic ring is 1. The van der Waals surface area contributed by atoms with Gasteiger partial charge in [-0.05, 0) is 30.3 Å². The van der Waals surface area contributed by atoms with Crippen LogP contribution in [-0.2, 0) is 0 Å². The van der Waals surface area contributed by atoms with Crippen molar-refractivity contribution in [3.8, 4) is 10.6 Å². The molecule has 0 radical (unpaired) electrons. The molecule has 4 heteroatoms. The quantitative estimate of drug-likeness (QED) is 0.533. The number of pyridine rings is 1.